The van der Waals surface area contributed by atoms with Crippen LogP contribution in [0.3, 0.4) is 0 Å². The molecule has 214 valence electrons. The van der Waals surface area contributed by atoms with Gasteiger partial charge in [-0.1, -0.05) is 66.7 Å². The summed E-state index contributed by atoms with van der Waals surface area (Å²) in [5, 5.41) is 2.52. The van der Waals surface area contributed by atoms with E-state index in [1.807, 2.05) is 67.6 Å². The Morgan fingerprint density at radius 1 is 1.02 bits per heavy atom. The Kier molecular flexibility index (Phi) is 7.30. The lowest BCUT2D eigenvalue weighted by atomic mass is 10.0. The van der Waals surface area contributed by atoms with Crippen molar-refractivity contribution in [3.05, 3.63) is 135 Å². The molecular weight excluding hydrogens is 544 g/mol. The first-order valence-corrected chi connectivity index (χ1v) is 13.5. The van der Waals surface area contributed by atoms with Crippen molar-refractivity contribution < 1.29 is 27.8 Å². The summed E-state index contributed by atoms with van der Waals surface area (Å²) in [4.78, 5) is 42.5. The van der Waals surface area contributed by atoms with Crippen molar-refractivity contribution in [3.8, 4) is 5.75 Å². The largest absolute Gasteiger partial charge is 0.483 e. The van der Waals surface area contributed by atoms with E-state index in [4.69, 9.17) is 9.47 Å². The van der Waals surface area contributed by atoms with Crippen molar-refractivity contribution in [2.75, 3.05) is 0 Å². The molecule has 3 aromatic carbocycles. The van der Waals surface area contributed by atoms with Gasteiger partial charge in [0.15, 0.2) is 17.7 Å². The van der Waals surface area contributed by atoms with Crippen LogP contribution in [0.4, 0.5) is 8.78 Å². The number of benzene rings is 3. The molecule has 0 radical (unpaired) electrons. The number of halogens is 2. The zero-order valence-electron chi connectivity index (χ0n) is 22.6. The highest BCUT2D eigenvalue weighted by Gasteiger charge is 2.48. The van der Waals surface area contributed by atoms with Gasteiger partial charge in [-0.15, -0.1) is 0 Å². The first-order valence-electron chi connectivity index (χ1n) is 13.5. The lowest BCUT2D eigenvalue weighted by Gasteiger charge is -2.34. The van der Waals surface area contributed by atoms with Gasteiger partial charge in [0.25, 0.3) is 11.8 Å². The number of hydrogen-bond donors (Lipinski definition) is 1. The van der Waals surface area contributed by atoms with E-state index in [1.165, 1.54) is 16.8 Å². The van der Waals surface area contributed by atoms with E-state index in [0.29, 0.717) is 6.07 Å². The monoisotopic (exact) mass is 571 g/mol. The first-order chi connectivity index (χ1) is 20.3. The van der Waals surface area contributed by atoms with Crippen molar-refractivity contribution in [1.82, 2.24) is 14.8 Å². The Morgan fingerprint density at radius 3 is 2.45 bits per heavy atom. The number of pyridine rings is 1. The maximum Gasteiger partial charge on any atom is 0.276 e. The summed E-state index contributed by atoms with van der Waals surface area (Å²) in [5.41, 5.74) is 0.705. The zero-order chi connectivity index (χ0) is 29.4. The van der Waals surface area contributed by atoms with Crippen LogP contribution in [0.25, 0.3) is 0 Å². The molecule has 3 heterocycles. The number of carbonyl (C=O) groups excluding carboxylic acids is 2. The molecule has 1 saturated heterocycles. The summed E-state index contributed by atoms with van der Waals surface area (Å²) < 4.78 is 41.3. The molecule has 6 rings (SSSR count). The predicted octanol–water partition coefficient (Wildman–Crippen LogP) is 4.58. The van der Waals surface area contributed by atoms with E-state index < -0.39 is 35.1 Å². The fourth-order valence-corrected chi connectivity index (χ4v) is 5.46. The van der Waals surface area contributed by atoms with E-state index in [0.717, 1.165) is 17.2 Å². The lowest BCUT2D eigenvalue weighted by molar-refractivity contribution is -0.0155. The summed E-state index contributed by atoms with van der Waals surface area (Å²) in [6.07, 6.45) is 0.283. The van der Waals surface area contributed by atoms with Crippen molar-refractivity contribution in [2.45, 2.75) is 45.0 Å². The third kappa shape index (κ3) is 5.05. The number of carbonyl (C=O) groups is 2. The van der Waals surface area contributed by atoms with Crippen molar-refractivity contribution in [3.63, 3.8) is 0 Å². The van der Waals surface area contributed by atoms with Gasteiger partial charge in [0, 0.05) is 24.4 Å². The molecule has 2 amide bonds. The molecule has 0 spiro atoms. The fourth-order valence-electron chi connectivity index (χ4n) is 5.46. The van der Waals surface area contributed by atoms with E-state index in [-0.39, 0.29) is 54.4 Å². The van der Waals surface area contributed by atoms with Gasteiger partial charge in [0.1, 0.15) is 29.9 Å². The third-order valence-corrected chi connectivity index (χ3v) is 7.57. The molecule has 2 aliphatic rings. The van der Waals surface area contributed by atoms with Crippen LogP contribution in [0, 0.1) is 11.6 Å². The number of amides is 2. The second-order valence-electron chi connectivity index (χ2n) is 10.3. The highest BCUT2D eigenvalue weighted by Crippen LogP contribution is 2.39. The first kappa shape index (κ1) is 27.3. The molecule has 1 fully saturated rings. The Balaban J connectivity index is 1.35. The molecule has 0 bridgehead atoms. The molecule has 42 heavy (non-hydrogen) atoms. The molecular formula is C32H27F2N3O5. The van der Waals surface area contributed by atoms with Crippen molar-refractivity contribution >= 4 is 11.8 Å². The number of rotatable bonds is 7. The second kappa shape index (κ2) is 11.2. The average molecular weight is 572 g/mol. The van der Waals surface area contributed by atoms with Crippen LogP contribution in [0.15, 0.2) is 89.9 Å². The molecule has 0 aliphatic carbocycles. The van der Waals surface area contributed by atoms with Gasteiger partial charge >= 0.3 is 0 Å². The minimum Gasteiger partial charge on any atom is -0.483 e. The average Bonchev–Trinajstić information content (AvgIpc) is 3.33. The Bertz CT molecular complexity index is 1710. The smallest absolute Gasteiger partial charge is 0.276 e. The van der Waals surface area contributed by atoms with E-state index >= 15 is 0 Å². The number of nitrogens with one attached hydrogen (secondary N) is 1. The molecule has 8 nitrogen and oxygen atoms in total. The van der Waals surface area contributed by atoms with Gasteiger partial charge in [-0.25, -0.2) is 8.78 Å². The highest BCUT2D eigenvalue weighted by atomic mass is 19.1. The summed E-state index contributed by atoms with van der Waals surface area (Å²) in [6.45, 7) is 1.76. The number of fused-ring (bicyclic) bond motifs is 2. The highest BCUT2D eigenvalue weighted by molar-refractivity contribution is 5.99. The molecule has 2 aliphatic heterocycles. The van der Waals surface area contributed by atoms with E-state index in [2.05, 4.69) is 5.32 Å². The zero-order valence-corrected chi connectivity index (χ0v) is 22.6. The summed E-state index contributed by atoms with van der Waals surface area (Å²) in [6, 6.07) is 21.4. The summed E-state index contributed by atoms with van der Waals surface area (Å²) >= 11 is 0. The summed E-state index contributed by atoms with van der Waals surface area (Å²) in [5.74, 6) is -3.06. The van der Waals surface area contributed by atoms with E-state index in [1.54, 1.807) is 4.90 Å². The Morgan fingerprint density at radius 2 is 1.74 bits per heavy atom. The van der Waals surface area contributed by atoms with Crippen LogP contribution < -0.4 is 15.5 Å². The van der Waals surface area contributed by atoms with Crippen LogP contribution in [0.5, 0.6) is 5.75 Å². The SMILES string of the molecule is C[C@@H]1[C@H](c2ccccc2)OC2Cn3cc(C(=O)NCc4ccc(F)cc4F)c(=O)c(OCc4ccccc4)c3C(=O)N21. The lowest BCUT2D eigenvalue weighted by Crippen LogP contribution is -2.49. The van der Waals surface area contributed by atoms with Gasteiger partial charge < -0.3 is 24.3 Å². The molecule has 4 aromatic rings. The maximum atomic E-state index is 14.2. The van der Waals surface area contributed by atoms with Gasteiger partial charge in [-0.05, 0) is 24.1 Å². The normalized spacial score (nSPS) is 19.3. The van der Waals surface area contributed by atoms with E-state index in [9.17, 15) is 23.2 Å². The molecule has 1 aromatic heterocycles. The number of aromatic nitrogens is 1. The second-order valence-corrected chi connectivity index (χ2v) is 10.3. The minimum absolute atomic E-state index is 0.00958. The van der Waals surface area contributed by atoms with Crippen LogP contribution >= 0.6 is 0 Å². The fraction of sp³-hybridized carbons (Fsp3) is 0.219. The number of hydrogen-bond acceptors (Lipinski definition) is 5. The van der Waals surface area contributed by atoms with Crippen LogP contribution in [-0.4, -0.2) is 33.6 Å². The topological polar surface area (TPSA) is 89.9 Å². The molecule has 10 heteroatoms. The van der Waals surface area contributed by atoms with Crippen LogP contribution in [0.1, 0.15) is 50.6 Å². The molecule has 1 unspecified atom stereocenters. The summed E-state index contributed by atoms with van der Waals surface area (Å²) in [7, 11) is 0. The Labute approximate surface area is 240 Å². The van der Waals surface area contributed by atoms with Crippen LogP contribution in [0.2, 0.25) is 0 Å². The van der Waals surface area contributed by atoms with Gasteiger partial charge in [-0.3, -0.25) is 14.4 Å². The van der Waals surface area contributed by atoms with Gasteiger partial charge in [0.2, 0.25) is 5.43 Å². The predicted molar refractivity (Wildman–Crippen MR) is 149 cm³/mol. The number of nitrogens with zero attached hydrogens (tertiary/aromatic N) is 2. The van der Waals surface area contributed by atoms with Gasteiger partial charge in [-0.2, -0.15) is 0 Å². The molecule has 0 saturated carbocycles. The van der Waals surface area contributed by atoms with Crippen molar-refractivity contribution in [2.24, 2.45) is 0 Å². The maximum absolute atomic E-state index is 14.2. The van der Waals surface area contributed by atoms with Crippen LogP contribution in [-0.2, 0) is 24.4 Å². The third-order valence-electron chi connectivity index (χ3n) is 7.57. The standard InChI is InChI=1S/C32H27F2N3O5/c1-19-29(21-10-6-3-7-11-21)42-26-17-36-16-24(31(39)35-15-22-12-13-23(33)14-25(22)34)28(38)30(27(36)32(40)37(19)26)41-18-20-8-4-2-5-9-20/h2-14,16,19,26,29H,15,17-18H2,1H3,(H,35,39)/t19-,26?,29-/m1/s1. The molecule has 1 N–H and O–H groups in total. The quantitative estimate of drug-likeness (QED) is 0.351. The van der Waals surface area contributed by atoms with Crippen molar-refractivity contribution in [1.29, 1.82) is 0 Å². The number of ether oxygens (including phenoxy) is 2. The molecule has 3 atom stereocenters. The minimum atomic E-state index is -0.824. The Hall–Kier alpha value is -4.83. The van der Waals surface area contributed by atoms with Gasteiger partial charge in [0.05, 0.1) is 12.6 Å².